The number of ether oxygens (including phenoxy) is 1. The molecule has 5 heteroatoms. The number of carbonyl (C=O) groups is 1. The second kappa shape index (κ2) is 7.64. The summed E-state index contributed by atoms with van der Waals surface area (Å²) in [6.07, 6.45) is 0.943. The number of halogens is 2. The van der Waals surface area contributed by atoms with Gasteiger partial charge in [0.2, 0.25) is 5.91 Å². The SMILES string of the molecule is CCCOc1ccc(Cl)cc1CN(C)C(=O)CBr. The molecule has 0 aromatic heterocycles. The summed E-state index contributed by atoms with van der Waals surface area (Å²) in [5, 5.41) is 0.961. The predicted molar refractivity (Wildman–Crippen MR) is 77.5 cm³/mol. The molecule has 1 aromatic carbocycles. The molecular formula is C13H17BrClNO2. The van der Waals surface area contributed by atoms with Gasteiger partial charge in [-0.1, -0.05) is 34.5 Å². The summed E-state index contributed by atoms with van der Waals surface area (Å²) in [7, 11) is 1.76. The summed E-state index contributed by atoms with van der Waals surface area (Å²) in [5.74, 6) is 0.812. The van der Waals surface area contributed by atoms with Crippen LogP contribution >= 0.6 is 27.5 Å². The third-order valence-electron chi connectivity index (χ3n) is 2.43. The van der Waals surface area contributed by atoms with Gasteiger partial charge in [-0.3, -0.25) is 4.79 Å². The van der Waals surface area contributed by atoms with Crippen LogP contribution in [0.25, 0.3) is 0 Å². The Morgan fingerprint density at radius 1 is 1.50 bits per heavy atom. The van der Waals surface area contributed by atoms with E-state index in [1.54, 1.807) is 18.0 Å². The summed E-state index contributed by atoms with van der Waals surface area (Å²) in [5.41, 5.74) is 0.924. The zero-order valence-electron chi connectivity index (χ0n) is 10.6. The highest BCUT2D eigenvalue weighted by atomic mass is 79.9. The van der Waals surface area contributed by atoms with Gasteiger partial charge in [0.05, 0.1) is 11.9 Å². The first-order chi connectivity index (χ1) is 8.58. The molecule has 0 unspecified atom stereocenters. The predicted octanol–water partition coefficient (Wildman–Crippen LogP) is 3.48. The lowest BCUT2D eigenvalue weighted by Crippen LogP contribution is -2.27. The number of amides is 1. The summed E-state index contributed by atoms with van der Waals surface area (Å²) in [6.45, 7) is 3.20. The van der Waals surface area contributed by atoms with E-state index in [0.717, 1.165) is 17.7 Å². The Kier molecular flexibility index (Phi) is 6.50. The van der Waals surface area contributed by atoms with E-state index in [2.05, 4.69) is 22.9 Å². The maximum absolute atomic E-state index is 11.5. The Morgan fingerprint density at radius 3 is 2.83 bits per heavy atom. The van der Waals surface area contributed by atoms with Crippen LogP contribution in [0.5, 0.6) is 5.75 Å². The maximum atomic E-state index is 11.5. The molecule has 0 N–H and O–H groups in total. The Bertz CT molecular complexity index is 412. The van der Waals surface area contributed by atoms with Crippen molar-refractivity contribution in [2.75, 3.05) is 19.0 Å². The van der Waals surface area contributed by atoms with Gasteiger partial charge in [-0.25, -0.2) is 0 Å². The normalized spacial score (nSPS) is 10.2. The molecule has 3 nitrogen and oxygen atoms in total. The molecule has 0 aliphatic carbocycles. The molecule has 0 heterocycles. The molecular weight excluding hydrogens is 318 g/mol. The first-order valence-electron chi connectivity index (χ1n) is 5.79. The highest BCUT2D eigenvalue weighted by Crippen LogP contribution is 2.24. The Balaban J connectivity index is 2.84. The second-order valence-electron chi connectivity index (χ2n) is 3.98. The van der Waals surface area contributed by atoms with Gasteiger partial charge in [0, 0.05) is 24.2 Å². The van der Waals surface area contributed by atoms with Crippen molar-refractivity contribution >= 4 is 33.4 Å². The van der Waals surface area contributed by atoms with E-state index < -0.39 is 0 Å². The van der Waals surface area contributed by atoms with Crippen LogP contribution in [0, 0.1) is 0 Å². The van der Waals surface area contributed by atoms with Crippen LogP contribution in [0.3, 0.4) is 0 Å². The van der Waals surface area contributed by atoms with Gasteiger partial charge in [0.1, 0.15) is 5.75 Å². The Labute approximate surface area is 121 Å². The fourth-order valence-electron chi connectivity index (χ4n) is 1.47. The van der Waals surface area contributed by atoms with E-state index in [0.29, 0.717) is 23.5 Å². The first kappa shape index (κ1) is 15.3. The largest absolute Gasteiger partial charge is 0.493 e. The van der Waals surface area contributed by atoms with E-state index in [4.69, 9.17) is 16.3 Å². The highest BCUT2D eigenvalue weighted by molar-refractivity contribution is 9.09. The van der Waals surface area contributed by atoms with Gasteiger partial charge in [-0.15, -0.1) is 0 Å². The summed E-state index contributed by atoms with van der Waals surface area (Å²) in [6, 6.07) is 5.48. The van der Waals surface area contributed by atoms with Crippen molar-refractivity contribution in [2.45, 2.75) is 19.9 Å². The van der Waals surface area contributed by atoms with Crippen LogP contribution in [0.15, 0.2) is 18.2 Å². The number of benzene rings is 1. The molecule has 0 aliphatic heterocycles. The number of hydrogen-bond donors (Lipinski definition) is 0. The summed E-state index contributed by atoms with van der Waals surface area (Å²) < 4.78 is 5.65. The van der Waals surface area contributed by atoms with Crippen LogP contribution in [0.1, 0.15) is 18.9 Å². The number of rotatable bonds is 6. The van der Waals surface area contributed by atoms with E-state index in [9.17, 15) is 4.79 Å². The van der Waals surface area contributed by atoms with Crippen LogP contribution in [0.2, 0.25) is 5.02 Å². The van der Waals surface area contributed by atoms with Crippen LogP contribution in [-0.4, -0.2) is 29.8 Å². The third-order valence-corrected chi connectivity index (χ3v) is 3.15. The molecule has 0 spiro atoms. The van der Waals surface area contributed by atoms with Crippen molar-refractivity contribution in [1.29, 1.82) is 0 Å². The van der Waals surface area contributed by atoms with Gasteiger partial charge in [0.15, 0.2) is 0 Å². The van der Waals surface area contributed by atoms with Crippen molar-refractivity contribution in [3.05, 3.63) is 28.8 Å². The first-order valence-corrected chi connectivity index (χ1v) is 7.29. The lowest BCUT2D eigenvalue weighted by Gasteiger charge is -2.18. The minimum absolute atomic E-state index is 0.0245. The monoisotopic (exact) mass is 333 g/mol. The molecule has 0 radical (unpaired) electrons. The molecule has 0 bridgehead atoms. The molecule has 1 aromatic rings. The van der Waals surface area contributed by atoms with E-state index in [1.807, 2.05) is 12.1 Å². The van der Waals surface area contributed by atoms with Crippen molar-refractivity contribution in [2.24, 2.45) is 0 Å². The smallest absolute Gasteiger partial charge is 0.233 e. The summed E-state index contributed by atoms with van der Waals surface area (Å²) >= 11 is 9.13. The van der Waals surface area contributed by atoms with Crippen LogP contribution in [-0.2, 0) is 11.3 Å². The van der Waals surface area contributed by atoms with E-state index in [-0.39, 0.29) is 5.91 Å². The Morgan fingerprint density at radius 2 is 2.22 bits per heavy atom. The number of hydrogen-bond acceptors (Lipinski definition) is 2. The summed E-state index contributed by atoms with van der Waals surface area (Å²) in [4.78, 5) is 13.2. The lowest BCUT2D eigenvalue weighted by molar-refractivity contribution is -0.127. The molecule has 0 fully saturated rings. The standard InChI is InChI=1S/C13H17BrClNO2/c1-3-6-18-12-5-4-11(15)7-10(12)9-16(2)13(17)8-14/h4-5,7H,3,6,8-9H2,1-2H3. The zero-order chi connectivity index (χ0) is 13.5. The molecule has 0 atom stereocenters. The minimum Gasteiger partial charge on any atom is -0.493 e. The number of alkyl halides is 1. The number of nitrogens with zero attached hydrogens (tertiary/aromatic N) is 1. The molecule has 1 rings (SSSR count). The van der Waals surface area contributed by atoms with Gasteiger partial charge in [0.25, 0.3) is 0 Å². The van der Waals surface area contributed by atoms with Crippen molar-refractivity contribution in [3.8, 4) is 5.75 Å². The molecule has 0 saturated heterocycles. The second-order valence-corrected chi connectivity index (χ2v) is 4.98. The van der Waals surface area contributed by atoms with Crippen LogP contribution in [0.4, 0.5) is 0 Å². The van der Waals surface area contributed by atoms with Gasteiger partial charge >= 0.3 is 0 Å². The van der Waals surface area contributed by atoms with E-state index in [1.165, 1.54) is 0 Å². The van der Waals surface area contributed by atoms with Gasteiger partial charge < -0.3 is 9.64 Å². The fourth-order valence-corrected chi connectivity index (χ4v) is 2.09. The molecule has 18 heavy (non-hydrogen) atoms. The zero-order valence-corrected chi connectivity index (χ0v) is 12.9. The average Bonchev–Trinajstić information content (AvgIpc) is 2.36. The van der Waals surface area contributed by atoms with Crippen molar-refractivity contribution < 1.29 is 9.53 Å². The average molecular weight is 335 g/mol. The highest BCUT2D eigenvalue weighted by Gasteiger charge is 2.11. The van der Waals surface area contributed by atoms with Gasteiger partial charge in [-0.2, -0.15) is 0 Å². The number of carbonyl (C=O) groups excluding carboxylic acids is 1. The van der Waals surface area contributed by atoms with Gasteiger partial charge in [-0.05, 0) is 24.6 Å². The van der Waals surface area contributed by atoms with Crippen LogP contribution < -0.4 is 4.74 Å². The van der Waals surface area contributed by atoms with Crippen molar-refractivity contribution in [3.63, 3.8) is 0 Å². The quantitative estimate of drug-likeness (QED) is 0.745. The molecule has 0 aliphatic rings. The molecule has 0 saturated carbocycles. The minimum atomic E-state index is 0.0245. The van der Waals surface area contributed by atoms with Crippen molar-refractivity contribution in [1.82, 2.24) is 4.90 Å². The molecule has 1 amide bonds. The molecule has 100 valence electrons. The fraction of sp³-hybridized carbons (Fsp3) is 0.462. The topological polar surface area (TPSA) is 29.5 Å². The lowest BCUT2D eigenvalue weighted by atomic mass is 10.2. The third kappa shape index (κ3) is 4.50. The Hall–Kier alpha value is -0.740. The van der Waals surface area contributed by atoms with E-state index >= 15 is 0 Å². The maximum Gasteiger partial charge on any atom is 0.233 e.